The number of thiophene rings is 1. The molecule has 260 valence electrons. The molecule has 3 N–H and O–H groups in total. The molecule has 50 heavy (non-hydrogen) atoms. The fourth-order valence-electron chi connectivity index (χ4n) is 5.72. The molecule has 2 unspecified atom stereocenters. The van der Waals surface area contributed by atoms with Gasteiger partial charge in [-0.15, -0.1) is 23.1 Å². The first-order chi connectivity index (χ1) is 23.8. The van der Waals surface area contributed by atoms with E-state index in [1.165, 1.54) is 30.2 Å². The van der Waals surface area contributed by atoms with Gasteiger partial charge in [0.05, 0.1) is 17.9 Å². The molecule has 1 aromatic heterocycles. The molecule has 3 aromatic carbocycles. The van der Waals surface area contributed by atoms with E-state index in [1.54, 1.807) is 85.8 Å². The molecular weight excluding hydrogens is 690 g/mol. The lowest BCUT2D eigenvalue weighted by atomic mass is 9.72. The first-order valence-electron chi connectivity index (χ1n) is 16.3. The van der Waals surface area contributed by atoms with Gasteiger partial charge in [-0.3, -0.25) is 14.4 Å². The molecule has 1 heterocycles. The summed E-state index contributed by atoms with van der Waals surface area (Å²) in [5.41, 5.74) is 3.18. The number of ether oxygens (including phenoxy) is 1. The fraction of sp³-hybridized carbons (Fsp3) is 0.282. The van der Waals surface area contributed by atoms with Crippen molar-refractivity contribution < 1.29 is 23.9 Å². The van der Waals surface area contributed by atoms with Crippen LogP contribution in [-0.4, -0.2) is 36.1 Å². The highest BCUT2D eigenvalue weighted by atomic mass is 35.5. The second kappa shape index (κ2) is 16.1. The zero-order chi connectivity index (χ0) is 36.0. The highest BCUT2D eigenvalue weighted by Gasteiger charge is 2.34. The van der Waals surface area contributed by atoms with E-state index in [1.807, 2.05) is 6.07 Å². The van der Waals surface area contributed by atoms with Crippen molar-refractivity contribution in [2.24, 2.45) is 11.3 Å². The molecular formula is C39H40ClN3O5S2. The Morgan fingerprint density at radius 2 is 1.70 bits per heavy atom. The van der Waals surface area contributed by atoms with E-state index >= 15 is 0 Å². The molecule has 1 aliphatic rings. The number of rotatable bonds is 10. The minimum atomic E-state index is -0.529. The maximum Gasteiger partial charge on any atom is 0.341 e. The number of amides is 3. The molecule has 5 rings (SSSR count). The molecule has 0 saturated carbocycles. The number of carbonyl (C=O) groups excluding carboxylic acids is 4. The summed E-state index contributed by atoms with van der Waals surface area (Å²) in [5.74, 6) is -1.17. The molecule has 3 amide bonds. The normalized spacial score (nSPS) is 15.0. The molecule has 0 spiro atoms. The summed E-state index contributed by atoms with van der Waals surface area (Å²) in [6.07, 6.45) is 4.18. The first kappa shape index (κ1) is 36.9. The number of hydrogen-bond acceptors (Lipinski definition) is 7. The molecule has 0 radical (unpaired) electrons. The van der Waals surface area contributed by atoms with E-state index in [0.29, 0.717) is 38.3 Å². The Hall–Kier alpha value is -4.38. The molecule has 11 heteroatoms. The Morgan fingerprint density at radius 1 is 0.980 bits per heavy atom. The van der Waals surface area contributed by atoms with Crippen LogP contribution in [0.2, 0.25) is 5.02 Å². The van der Waals surface area contributed by atoms with Crippen molar-refractivity contribution in [3.8, 4) is 0 Å². The van der Waals surface area contributed by atoms with E-state index in [-0.39, 0.29) is 17.0 Å². The number of esters is 1. The van der Waals surface area contributed by atoms with Crippen molar-refractivity contribution in [3.05, 3.63) is 117 Å². The predicted molar refractivity (Wildman–Crippen MR) is 203 cm³/mol. The van der Waals surface area contributed by atoms with E-state index < -0.39 is 23.0 Å². The first-order valence-corrected chi connectivity index (χ1v) is 18.3. The second-order valence-corrected chi connectivity index (χ2v) is 16.1. The molecule has 0 aliphatic heterocycles. The van der Waals surface area contributed by atoms with Crippen LogP contribution in [0.25, 0.3) is 6.08 Å². The molecule has 0 bridgehead atoms. The lowest BCUT2D eigenvalue weighted by Crippen LogP contribution is -2.30. The summed E-state index contributed by atoms with van der Waals surface area (Å²) in [7, 11) is 1.36. The molecule has 0 fully saturated rings. The molecule has 2 atom stereocenters. The average Bonchev–Trinajstić information content (AvgIpc) is 3.45. The van der Waals surface area contributed by atoms with Gasteiger partial charge in [-0.2, -0.15) is 0 Å². The van der Waals surface area contributed by atoms with Crippen molar-refractivity contribution in [3.63, 3.8) is 0 Å². The zero-order valence-corrected chi connectivity index (χ0v) is 31.0. The van der Waals surface area contributed by atoms with Gasteiger partial charge in [-0.1, -0.05) is 68.8 Å². The van der Waals surface area contributed by atoms with Crippen LogP contribution in [0, 0.1) is 11.3 Å². The number of benzene rings is 3. The van der Waals surface area contributed by atoms with Gasteiger partial charge in [0.1, 0.15) is 10.7 Å². The Bertz CT molecular complexity index is 1920. The summed E-state index contributed by atoms with van der Waals surface area (Å²) in [6.45, 7) is 8.50. The van der Waals surface area contributed by atoms with Crippen LogP contribution in [0.4, 0.5) is 10.7 Å². The van der Waals surface area contributed by atoms with Gasteiger partial charge in [0.25, 0.3) is 11.8 Å². The SMILES string of the molecule is COC(=O)c1c(NC(=O)C(C)Sc2cccc(NC(=O)/C(=C/c3ccc(Cl)cc3)NC(=O)c3ccccc3)c2)sc2c1CCC(C(C)(C)C)C2. The number of carbonyl (C=O) groups is 4. The van der Waals surface area contributed by atoms with Crippen LogP contribution < -0.4 is 16.0 Å². The van der Waals surface area contributed by atoms with E-state index in [2.05, 4.69) is 36.7 Å². The third-order valence-electron chi connectivity index (χ3n) is 8.60. The van der Waals surface area contributed by atoms with Gasteiger partial charge in [0.2, 0.25) is 5.91 Å². The van der Waals surface area contributed by atoms with E-state index in [9.17, 15) is 19.2 Å². The third kappa shape index (κ3) is 9.24. The van der Waals surface area contributed by atoms with Crippen LogP contribution >= 0.6 is 34.7 Å². The molecule has 0 saturated heterocycles. The number of methoxy groups -OCH3 is 1. The Balaban J connectivity index is 1.29. The topological polar surface area (TPSA) is 114 Å². The predicted octanol–water partition coefficient (Wildman–Crippen LogP) is 8.87. The van der Waals surface area contributed by atoms with Crippen molar-refractivity contribution in [2.45, 2.75) is 57.1 Å². The Labute approximate surface area is 306 Å². The maximum absolute atomic E-state index is 13.5. The quantitative estimate of drug-likeness (QED) is 0.0854. The zero-order valence-electron chi connectivity index (χ0n) is 28.6. The van der Waals surface area contributed by atoms with Gasteiger partial charge >= 0.3 is 5.97 Å². The van der Waals surface area contributed by atoms with Crippen molar-refractivity contribution in [2.75, 3.05) is 17.7 Å². The minimum absolute atomic E-state index is 0.0425. The fourth-order valence-corrected chi connectivity index (χ4v) is 8.09. The average molecular weight is 730 g/mol. The summed E-state index contributed by atoms with van der Waals surface area (Å²) in [4.78, 5) is 54.8. The van der Waals surface area contributed by atoms with Crippen molar-refractivity contribution >= 4 is 75.2 Å². The van der Waals surface area contributed by atoms with Crippen LogP contribution in [0.5, 0.6) is 0 Å². The van der Waals surface area contributed by atoms with Crippen molar-refractivity contribution in [1.82, 2.24) is 5.32 Å². The van der Waals surface area contributed by atoms with Crippen LogP contribution in [0.15, 0.2) is 89.5 Å². The molecule has 8 nitrogen and oxygen atoms in total. The van der Waals surface area contributed by atoms with Gasteiger partial charge in [-0.25, -0.2) is 4.79 Å². The summed E-state index contributed by atoms with van der Waals surface area (Å²) >= 11 is 8.82. The highest BCUT2D eigenvalue weighted by molar-refractivity contribution is 8.00. The van der Waals surface area contributed by atoms with Crippen LogP contribution in [-0.2, 0) is 27.2 Å². The lowest BCUT2D eigenvalue weighted by molar-refractivity contribution is -0.115. The second-order valence-electron chi connectivity index (χ2n) is 13.2. The smallest absolute Gasteiger partial charge is 0.341 e. The summed E-state index contributed by atoms with van der Waals surface area (Å²) in [6, 6.07) is 22.6. The lowest BCUT2D eigenvalue weighted by Gasteiger charge is -2.33. The van der Waals surface area contributed by atoms with Gasteiger partial charge in [0, 0.05) is 26.0 Å². The van der Waals surface area contributed by atoms with E-state index in [4.69, 9.17) is 16.3 Å². The van der Waals surface area contributed by atoms with Gasteiger partial charge in [0.15, 0.2) is 0 Å². The monoisotopic (exact) mass is 729 g/mol. The summed E-state index contributed by atoms with van der Waals surface area (Å²) in [5, 5.41) is 9.15. The third-order valence-corrected chi connectivity index (χ3v) is 11.1. The number of hydrogen-bond donors (Lipinski definition) is 3. The van der Waals surface area contributed by atoms with Crippen molar-refractivity contribution in [1.29, 1.82) is 0 Å². The number of nitrogens with one attached hydrogen (secondary N) is 3. The van der Waals surface area contributed by atoms with Gasteiger partial charge in [-0.05, 0) is 97.2 Å². The molecule has 1 aliphatic carbocycles. The number of thioether (sulfide) groups is 1. The number of fused-ring (bicyclic) bond motifs is 1. The van der Waals surface area contributed by atoms with Gasteiger partial charge < -0.3 is 20.7 Å². The van der Waals surface area contributed by atoms with Crippen LogP contribution in [0.1, 0.15) is 70.8 Å². The number of anilines is 2. The maximum atomic E-state index is 13.5. The summed E-state index contributed by atoms with van der Waals surface area (Å²) < 4.78 is 5.12. The Kier molecular flexibility index (Phi) is 11.9. The molecule has 4 aromatic rings. The highest BCUT2D eigenvalue weighted by Crippen LogP contribution is 2.44. The van der Waals surface area contributed by atoms with Crippen LogP contribution in [0.3, 0.4) is 0 Å². The Morgan fingerprint density at radius 3 is 2.38 bits per heavy atom. The minimum Gasteiger partial charge on any atom is -0.465 e. The standard InChI is InChI=1S/C39H40ClN3O5S2/c1-23(34(44)43-37-33(38(47)48-5)30-19-16-26(39(2,3)4)21-32(30)50-37)49-29-13-9-12-28(22-29)41-36(46)31(20-24-14-17-27(40)18-15-24)42-35(45)25-10-7-6-8-11-25/h6-15,17-18,20,22-23,26H,16,19,21H2,1-5H3,(H,41,46)(H,42,45)(H,43,44)/b31-20-. The largest absolute Gasteiger partial charge is 0.465 e. The van der Waals surface area contributed by atoms with E-state index in [0.717, 1.165) is 34.6 Å². The number of halogens is 1.